The summed E-state index contributed by atoms with van der Waals surface area (Å²) in [6, 6.07) is 20.0. The first-order valence-electron chi connectivity index (χ1n) is 12.2. The van der Waals surface area contributed by atoms with Gasteiger partial charge < -0.3 is 14.8 Å². The van der Waals surface area contributed by atoms with Crippen LogP contribution in [0.15, 0.2) is 82.2 Å². The summed E-state index contributed by atoms with van der Waals surface area (Å²) in [7, 11) is 1.49. The molecule has 4 aromatic carbocycles. The number of hydrogen-bond donors (Lipinski definition) is 1. The molecule has 41 heavy (non-hydrogen) atoms. The monoisotopic (exact) mass is 638 g/mol. The summed E-state index contributed by atoms with van der Waals surface area (Å²) < 4.78 is 39.2. The third-order valence-corrected chi connectivity index (χ3v) is 7.68. The van der Waals surface area contributed by atoms with Gasteiger partial charge in [0.15, 0.2) is 11.5 Å². The van der Waals surface area contributed by atoms with Gasteiger partial charge >= 0.3 is 0 Å². The van der Waals surface area contributed by atoms with Crippen LogP contribution in [-0.2, 0) is 16.2 Å². The molecule has 0 atom stereocenters. The maximum absolute atomic E-state index is 13.9. The number of halogens is 3. The van der Waals surface area contributed by atoms with Gasteiger partial charge in [-0.05, 0) is 79.9 Å². The number of methoxy groups -OCH3 is 1. The zero-order valence-corrected chi connectivity index (χ0v) is 23.9. The van der Waals surface area contributed by atoms with Gasteiger partial charge in [-0.25, -0.2) is 8.78 Å². The Labute approximate surface area is 246 Å². The molecule has 5 rings (SSSR count). The second-order valence-electron chi connectivity index (χ2n) is 8.90. The van der Waals surface area contributed by atoms with Crippen molar-refractivity contribution in [2.75, 3.05) is 19.0 Å². The molecule has 0 saturated carbocycles. The maximum Gasteiger partial charge on any atom is 0.294 e. The average Bonchev–Trinajstić information content (AvgIpc) is 3.20. The van der Waals surface area contributed by atoms with E-state index >= 15 is 0 Å². The predicted molar refractivity (Wildman–Crippen MR) is 157 cm³/mol. The number of nitrogens with zero attached hydrogens (tertiary/aromatic N) is 1. The van der Waals surface area contributed by atoms with E-state index in [1.165, 1.54) is 13.2 Å². The fourth-order valence-corrected chi connectivity index (χ4v) is 5.66. The van der Waals surface area contributed by atoms with Gasteiger partial charge in [-0.15, -0.1) is 0 Å². The highest BCUT2D eigenvalue weighted by atomic mass is 79.9. The summed E-state index contributed by atoms with van der Waals surface area (Å²) in [5, 5.41) is 3.76. The summed E-state index contributed by atoms with van der Waals surface area (Å²) in [6.07, 6.45) is 1.50. The number of imide groups is 1. The van der Waals surface area contributed by atoms with E-state index in [2.05, 4.69) is 21.2 Å². The highest BCUT2D eigenvalue weighted by molar-refractivity contribution is 9.10. The predicted octanol–water partition coefficient (Wildman–Crippen LogP) is 7.14. The van der Waals surface area contributed by atoms with Crippen LogP contribution in [-0.4, -0.2) is 35.6 Å². The van der Waals surface area contributed by atoms with E-state index in [1.807, 2.05) is 42.5 Å². The Morgan fingerprint density at radius 1 is 1.05 bits per heavy atom. The Bertz CT molecular complexity index is 1720. The van der Waals surface area contributed by atoms with Gasteiger partial charge in [0.2, 0.25) is 5.91 Å². The smallest absolute Gasteiger partial charge is 0.294 e. The van der Waals surface area contributed by atoms with Crippen LogP contribution in [0.4, 0.5) is 19.3 Å². The SMILES string of the molecule is COc1cc(/C=C2/SC(=O)N(CC(=O)Nc3ccc(F)cc3F)C2=O)cc(Br)c1OCc1cccc2ccccc12. The van der Waals surface area contributed by atoms with Gasteiger partial charge in [0.1, 0.15) is 24.8 Å². The van der Waals surface area contributed by atoms with Crippen molar-refractivity contribution in [3.05, 3.63) is 105 Å². The minimum Gasteiger partial charge on any atom is -0.493 e. The summed E-state index contributed by atoms with van der Waals surface area (Å²) in [6.45, 7) is -0.342. The molecule has 0 unspecified atom stereocenters. The lowest BCUT2D eigenvalue weighted by Crippen LogP contribution is -2.36. The number of rotatable bonds is 8. The maximum atomic E-state index is 13.9. The lowest BCUT2D eigenvalue weighted by atomic mass is 10.1. The van der Waals surface area contributed by atoms with Crippen LogP contribution in [0, 0.1) is 11.6 Å². The van der Waals surface area contributed by atoms with E-state index in [1.54, 1.807) is 12.1 Å². The molecule has 1 saturated heterocycles. The quantitative estimate of drug-likeness (QED) is 0.206. The van der Waals surface area contributed by atoms with Crippen LogP contribution in [0.3, 0.4) is 0 Å². The van der Waals surface area contributed by atoms with Crippen molar-refractivity contribution in [3.63, 3.8) is 0 Å². The average molecular weight is 639 g/mol. The first-order chi connectivity index (χ1) is 19.7. The van der Waals surface area contributed by atoms with E-state index < -0.39 is 35.2 Å². The molecule has 0 spiro atoms. The van der Waals surface area contributed by atoms with Crippen LogP contribution in [0.1, 0.15) is 11.1 Å². The molecule has 11 heteroatoms. The molecule has 0 radical (unpaired) electrons. The number of nitrogens with one attached hydrogen (secondary N) is 1. The molecule has 1 fully saturated rings. The number of carbonyl (C=O) groups is 3. The number of benzene rings is 4. The van der Waals surface area contributed by atoms with E-state index in [0.29, 0.717) is 46.0 Å². The minimum absolute atomic E-state index is 0.0918. The molecule has 1 aliphatic rings. The number of thioether (sulfide) groups is 1. The number of amides is 3. The number of ether oxygens (including phenoxy) is 2. The molecule has 1 N–H and O–H groups in total. The Morgan fingerprint density at radius 3 is 2.61 bits per heavy atom. The largest absolute Gasteiger partial charge is 0.493 e. The standard InChI is InChI=1S/C30H21BrF2N2O5S/c1-39-25-12-17(11-22(31)28(25)40-16-19-7-4-6-18-5-2-3-8-21(18)19)13-26-29(37)35(30(38)41-26)15-27(36)34-24-10-9-20(32)14-23(24)33/h2-14H,15-16H2,1H3,(H,34,36)/b26-13+. The molecule has 0 aromatic heterocycles. The molecular formula is C30H21BrF2N2O5S. The van der Waals surface area contributed by atoms with Crippen molar-refractivity contribution in [3.8, 4) is 11.5 Å². The first-order valence-corrected chi connectivity index (χ1v) is 13.8. The highest BCUT2D eigenvalue weighted by Gasteiger charge is 2.36. The Kier molecular flexibility index (Phi) is 8.36. The molecule has 3 amide bonds. The van der Waals surface area contributed by atoms with Crippen molar-refractivity contribution in [1.29, 1.82) is 0 Å². The molecule has 0 bridgehead atoms. The van der Waals surface area contributed by atoms with Crippen molar-refractivity contribution in [1.82, 2.24) is 4.90 Å². The normalized spacial score (nSPS) is 14.1. The number of anilines is 1. The Hall–Kier alpha value is -4.22. The molecule has 4 aromatic rings. The fourth-order valence-electron chi connectivity index (χ4n) is 4.24. The molecule has 0 aliphatic carbocycles. The topological polar surface area (TPSA) is 84.9 Å². The summed E-state index contributed by atoms with van der Waals surface area (Å²) in [5.41, 5.74) is 1.29. The van der Waals surface area contributed by atoms with Crippen molar-refractivity contribution >= 4 is 67.3 Å². The zero-order chi connectivity index (χ0) is 29.1. The Balaban J connectivity index is 1.30. The van der Waals surface area contributed by atoms with E-state index in [0.717, 1.165) is 33.4 Å². The summed E-state index contributed by atoms with van der Waals surface area (Å²) in [5.74, 6) is -2.39. The molecule has 7 nitrogen and oxygen atoms in total. The van der Waals surface area contributed by atoms with Gasteiger partial charge in [-0.3, -0.25) is 19.3 Å². The first kappa shape index (κ1) is 28.3. The molecule has 1 aliphatic heterocycles. The van der Waals surface area contributed by atoms with Crippen LogP contribution >= 0.6 is 27.7 Å². The second kappa shape index (κ2) is 12.1. The summed E-state index contributed by atoms with van der Waals surface area (Å²) in [4.78, 5) is 38.7. The van der Waals surface area contributed by atoms with E-state index in [-0.39, 0.29) is 10.6 Å². The Morgan fingerprint density at radius 2 is 1.83 bits per heavy atom. The molecule has 208 valence electrons. The highest BCUT2D eigenvalue weighted by Crippen LogP contribution is 2.40. The van der Waals surface area contributed by atoms with E-state index in [9.17, 15) is 23.2 Å². The van der Waals surface area contributed by atoms with Gasteiger partial charge in [-0.2, -0.15) is 0 Å². The molecular weight excluding hydrogens is 618 g/mol. The van der Waals surface area contributed by atoms with Crippen molar-refractivity contribution in [2.45, 2.75) is 6.61 Å². The number of fused-ring (bicyclic) bond motifs is 1. The third-order valence-electron chi connectivity index (χ3n) is 6.18. The number of hydrogen-bond acceptors (Lipinski definition) is 6. The lowest BCUT2D eigenvalue weighted by Gasteiger charge is -2.15. The van der Waals surface area contributed by atoms with Gasteiger partial charge in [0.25, 0.3) is 11.1 Å². The van der Waals surface area contributed by atoms with Crippen molar-refractivity contribution < 1.29 is 32.6 Å². The second-order valence-corrected chi connectivity index (χ2v) is 10.7. The zero-order valence-electron chi connectivity index (χ0n) is 21.5. The number of carbonyl (C=O) groups excluding carboxylic acids is 3. The molecule has 1 heterocycles. The van der Waals surface area contributed by atoms with Crippen LogP contribution in [0.5, 0.6) is 11.5 Å². The van der Waals surface area contributed by atoms with Crippen LogP contribution in [0.25, 0.3) is 16.8 Å². The minimum atomic E-state index is -0.976. The van der Waals surface area contributed by atoms with Crippen molar-refractivity contribution in [2.24, 2.45) is 0 Å². The van der Waals surface area contributed by atoms with Gasteiger partial charge in [0.05, 0.1) is 22.2 Å². The van der Waals surface area contributed by atoms with Gasteiger partial charge in [-0.1, -0.05) is 42.5 Å². The fraction of sp³-hybridized carbons (Fsp3) is 0.100. The lowest BCUT2D eigenvalue weighted by molar-refractivity contribution is -0.127. The third kappa shape index (κ3) is 6.26. The van der Waals surface area contributed by atoms with E-state index in [4.69, 9.17) is 9.47 Å². The summed E-state index contributed by atoms with van der Waals surface area (Å²) >= 11 is 4.18. The van der Waals surface area contributed by atoms with Crippen LogP contribution in [0.2, 0.25) is 0 Å². The van der Waals surface area contributed by atoms with Crippen LogP contribution < -0.4 is 14.8 Å². The van der Waals surface area contributed by atoms with Gasteiger partial charge in [0, 0.05) is 6.07 Å².